The van der Waals surface area contributed by atoms with Gasteiger partial charge in [-0.05, 0) is 37.3 Å². The van der Waals surface area contributed by atoms with Crippen LogP contribution in [0.4, 0.5) is 0 Å². The van der Waals surface area contributed by atoms with E-state index in [9.17, 15) is 18.0 Å². The molecule has 2 heterocycles. The Bertz CT molecular complexity index is 1100. The number of rotatable bonds is 4. The first-order chi connectivity index (χ1) is 12.0. The fourth-order valence-corrected chi connectivity index (χ4v) is 4.00. The molecule has 0 aliphatic rings. The minimum absolute atomic E-state index is 0.0780. The third-order valence-corrected chi connectivity index (χ3v) is 5.47. The van der Waals surface area contributed by atoms with Gasteiger partial charge in [-0.2, -0.15) is 0 Å². The maximum Gasteiger partial charge on any atom is 0.343 e. The van der Waals surface area contributed by atoms with Crippen LogP contribution in [0.25, 0.3) is 5.52 Å². The second-order valence-corrected chi connectivity index (χ2v) is 7.14. The van der Waals surface area contributed by atoms with Crippen LogP contribution in [-0.2, 0) is 14.6 Å². The first-order valence-corrected chi connectivity index (χ1v) is 9.07. The van der Waals surface area contributed by atoms with E-state index in [0.29, 0.717) is 0 Å². The van der Waals surface area contributed by atoms with Crippen molar-refractivity contribution in [1.82, 2.24) is 4.40 Å². The number of sulfone groups is 1. The van der Waals surface area contributed by atoms with E-state index < -0.39 is 21.4 Å². The quantitative estimate of drug-likeness (QED) is 0.669. The molecule has 0 bridgehead atoms. The summed E-state index contributed by atoms with van der Waals surface area (Å²) in [7, 11) is -3.92. The Balaban J connectivity index is 2.37. The van der Waals surface area contributed by atoms with Crippen molar-refractivity contribution >= 4 is 21.3 Å². The molecule has 25 heavy (non-hydrogen) atoms. The molecule has 2 aromatic heterocycles. The van der Waals surface area contributed by atoms with Crippen molar-refractivity contribution in [3.63, 3.8) is 0 Å². The molecule has 0 fully saturated rings. The molecular weight excluding hydrogens is 342 g/mol. The standard InChI is InChI=1S/C18H15NO5S/c1-2-24-18(21)14-12-16(15-10-6-7-11-19(15)17(14)20)25(22,23)13-8-4-3-5-9-13/h3-12H,2H2,1H3. The van der Waals surface area contributed by atoms with Crippen LogP contribution in [0, 0.1) is 0 Å². The van der Waals surface area contributed by atoms with Crippen molar-refractivity contribution in [3.8, 4) is 0 Å². The number of aromatic nitrogens is 1. The monoisotopic (exact) mass is 357 g/mol. The highest BCUT2D eigenvalue weighted by atomic mass is 32.2. The fraction of sp³-hybridized carbons (Fsp3) is 0.111. The van der Waals surface area contributed by atoms with Crippen LogP contribution < -0.4 is 5.56 Å². The van der Waals surface area contributed by atoms with Crippen LogP contribution in [0.15, 0.2) is 75.4 Å². The molecule has 0 amide bonds. The molecule has 3 aromatic rings. The van der Waals surface area contributed by atoms with Crippen LogP contribution >= 0.6 is 0 Å². The Morgan fingerprint density at radius 1 is 1.08 bits per heavy atom. The molecule has 7 heteroatoms. The van der Waals surface area contributed by atoms with Crippen LogP contribution in [0.5, 0.6) is 0 Å². The lowest BCUT2D eigenvalue weighted by molar-refractivity contribution is 0.0524. The van der Waals surface area contributed by atoms with Crippen molar-refractivity contribution in [2.75, 3.05) is 6.61 Å². The zero-order valence-corrected chi connectivity index (χ0v) is 14.2. The van der Waals surface area contributed by atoms with E-state index in [2.05, 4.69) is 0 Å². The maximum atomic E-state index is 13.0. The van der Waals surface area contributed by atoms with Gasteiger partial charge in [-0.15, -0.1) is 0 Å². The molecule has 3 rings (SSSR count). The fourth-order valence-electron chi connectivity index (χ4n) is 2.51. The number of carbonyl (C=O) groups is 1. The molecule has 0 N–H and O–H groups in total. The SMILES string of the molecule is CCOC(=O)c1cc(S(=O)(=O)c2ccccc2)c2ccccn2c1=O. The molecule has 0 saturated heterocycles. The van der Waals surface area contributed by atoms with Gasteiger partial charge < -0.3 is 4.74 Å². The molecule has 0 saturated carbocycles. The van der Waals surface area contributed by atoms with Gasteiger partial charge in [-0.3, -0.25) is 9.20 Å². The molecule has 0 unspecified atom stereocenters. The van der Waals surface area contributed by atoms with Crippen molar-refractivity contribution in [2.24, 2.45) is 0 Å². The third-order valence-electron chi connectivity index (χ3n) is 3.68. The van der Waals surface area contributed by atoms with Gasteiger partial charge in [0.2, 0.25) is 9.84 Å². The first kappa shape index (κ1) is 16.9. The summed E-state index contributed by atoms with van der Waals surface area (Å²) in [4.78, 5) is 24.6. The summed E-state index contributed by atoms with van der Waals surface area (Å²) < 4.78 is 32.1. The Hall–Kier alpha value is -2.93. The maximum absolute atomic E-state index is 13.0. The van der Waals surface area contributed by atoms with Crippen LogP contribution in [0.2, 0.25) is 0 Å². The van der Waals surface area contributed by atoms with E-state index in [1.807, 2.05) is 0 Å². The van der Waals surface area contributed by atoms with Gasteiger partial charge in [0.05, 0.1) is 21.9 Å². The number of hydrogen-bond donors (Lipinski definition) is 0. The molecule has 0 radical (unpaired) electrons. The highest BCUT2D eigenvalue weighted by Gasteiger charge is 2.25. The minimum Gasteiger partial charge on any atom is -0.462 e. The van der Waals surface area contributed by atoms with E-state index in [1.54, 1.807) is 37.3 Å². The number of esters is 1. The van der Waals surface area contributed by atoms with Crippen LogP contribution in [0.3, 0.4) is 0 Å². The Labute approximate surface area is 144 Å². The molecule has 0 atom stereocenters. The number of carbonyl (C=O) groups excluding carboxylic acids is 1. The van der Waals surface area contributed by atoms with Crippen LogP contribution in [-0.4, -0.2) is 25.4 Å². The average Bonchev–Trinajstić information content (AvgIpc) is 2.63. The van der Waals surface area contributed by atoms with Crippen molar-refractivity contribution in [1.29, 1.82) is 0 Å². The lowest BCUT2D eigenvalue weighted by atomic mass is 10.2. The summed E-state index contributed by atoms with van der Waals surface area (Å²) in [5.41, 5.74) is -0.745. The molecule has 0 spiro atoms. The predicted molar refractivity (Wildman–Crippen MR) is 91.5 cm³/mol. The number of ether oxygens (including phenoxy) is 1. The van der Waals surface area contributed by atoms with Gasteiger partial charge in [0.25, 0.3) is 5.56 Å². The zero-order valence-electron chi connectivity index (χ0n) is 13.4. The Morgan fingerprint density at radius 2 is 1.76 bits per heavy atom. The highest BCUT2D eigenvalue weighted by Crippen LogP contribution is 2.25. The second kappa shape index (κ2) is 6.52. The van der Waals surface area contributed by atoms with E-state index >= 15 is 0 Å². The van der Waals surface area contributed by atoms with E-state index in [0.717, 1.165) is 10.5 Å². The smallest absolute Gasteiger partial charge is 0.343 e. The number of fused-ring (bicyclic) bond motifs is 1. The van der Waals surface area contributed by atoms with Crippen LogP contribution in [0.1, 0.15) is 17.3 Å². The molecule has 6 nitrogen and oxygen atoms in total. The number of benzene rings is 1. The summed E-state index contributed by atoms with van der Waals surface area (Å²) in [6.45, 7) is 1.69. The Morgan fingerprint density at radius 3 is 2.44 bits per heavy atom. The summed E-state index contributed by atoms with van der Waals surface area (Å²) in [6, 6.07) is 13.7. The largest absolute Gasteiger partial charge is 0.462 e. The summed E-state index contributed by atoms with van der Waals surface area (Å²) in [5.74, 6) is -0.852. The topological polar surface area (TPSA) is 81.9 Å². The average molecular weight is 357 g/mol. The zero-order chi connectivity index (χ0) is 18.0. The van der Waals surface area contributed by atoms with Gasteiger partial charge in [0, 0.05) is 6.20 Å². The normalized spacial score (nSPS) is 11.4. The van der Waals surface area contributed by atoms with Crippen molar-refractivity contribution in [2.45, 2.75) is 16.7 Å². The number of hydrogen-bond acceptors (Lipinski definition) is 5. The summed E-state index contributed by atoms with van der Waals surface area (Å²) in [6.07, 6.45) is 1.42. The molecule has 128 valence electrons. The molecule has 0 aliphatic carbocycles. The number of nitrogens with zero attached hydrogens (tertiary/aromatic N) is 1. The Kier molecular flexibility index (Phi) is 4.41. The van der Waals surface area contributed by atoms with Gasteiger partial charge >= 0.3 is 5.97 Å². The molecular formula is C18H15NO5S. The van der Waals surface area contributed by atoms with Crippen molar-refractivity contribution in [3.05, 3.63) is 76.7 Å². The summed E-state index contributed by atoms with van der Waals surface area (Å²) >= 11 is 0. The lowest BCUT2D eigenvalue weighted by Gasteiger charge is -2.11. The minimum atomic E-state index is -3.92. The summed E-state index contributed by atoms with van der Waals surface area (Å²) in [5, 5.41) is 0. The third kappa shape index (κ3) is 2.94. The highest BCUT2D eigenvalue weighted by molar-refractivity contribution is 7.91. The first-order valence-electron chi connectivity index (χ1n) is 7.58. The van der Waals surface area contributed by atoms with Gasteiger partial charge in [-0.25, -0.2) is 13.2 Å². The van der Waals surface area contributed by atoms with Gasteiger partial charge in [0.1, 0.15) is 5.56 Å². The lowest BCUT2D eigenvalue weighted by Crippen LogP contribution is -2.25. The molecule has 0 aliphatic heterocycles. The van der Waals surface area contributed by atoms with Gasteiger partial charge in [0.15, 0.2) is 0 Å². The van der Waals surface area contributed by atoms with E-state index in [1.165, 1.54) is 24.4 Å². The van der Waals surface area contributed by atoms with E-state index in [-0.39, 0.29) is 27.5 Å². The molecule has 1 aromatic carbocycles. The van der Waals surface area contributed by atoms with Gasteiger partial charge in [-0.1, -0.05) is 24.3 Å². The van der Waals surface area contributed by atoms with Crippen molar-refractivity contribution < 1.29 is 17.9 Å². The number of pyridine rings is 2. The second-order valence-electron chi connectivity index (χ2n) is 5.22. The van der Waals surface area contributed by atoms with E-state index in [4.69, 9.17) is 4.74 Å². The predicted octanol–water partition coefficient (Wildman–Crippen LogP) is 2.31.